The molecule has 4 amide bonds. The van der Waals surface area contributed by atoms with Crippen molar-refractivity contribution in [3.8, 4) is 33.8 Å². The Morgan fingerprint density at radius 3 is 1.92 bits per heavy atom. The fraction of sp³-hybridized carbons (Fsp3) is 0.483. The molecule has 0 radical (unpaired) electrons. The summed E-state index contributed by atoms with van der Waals surface area (Å²) in [7, 11) is 1.53. The number of unbranched alkanes of at least 4 members (excludes halogenated alkanes) is 1. The van der Waals surface area contributed by atoms with Crippen LogP contribution in [0.3, 0.4) is 0 Å². The molecule has 76 heavy (non-hydrogen) atoms. The highest BCUT2D eigenvalue weighted by Crippen LogP contribution is 2.41. The SMILES string of the molecule is CCCCc1ccc(-c2ccc(C(=O)C[C@@H](CCCNC(=O)OC(C)(C)C)C(=O)N(C)[C@@H]3C(=O)C[C@@H](C)C(=O)N[C@H](C(=N)N)Cc4ccc(OCCNC(=O)OC(C)(C)C)c(c4)-c4cc3ccc4OCCC)cc2)cc1. The minimum absolute atomic E-state index is 0.0450. The van der Waals surface area contributed by atoms with Gasteiger partial charge in [-0.2, -0.15) is 0 Å². The Hall–Kier alpha value is -7.23. The molecule has 16 nitrogen and oxygen atoms in total. The fourth-order valence-electron chi connectivity index (χ4n) is 8.87. The van der Waals surface area contributed by atoms with E-state index in [-0.39, 0.29) is 57.0 Å². The molecule has 0 aromatic heterocycles. The number of nitrogens with two attached hydrogens (primary N) is 1. The van der Waals surface area contributed by atoms with E-state index in [1.54, 1.807) is 90.9 Å². The zero-order chi connectivity index (χ0) is 55.7. The number of alkyl carbamates (subject to hydrolysis) is 2. The number of fused-ring (bicyclic) bond motifs is 5. The molecular weight excluding hydrogens is 965 g/mol. The molecule has 410 valence electrons. The summed E-state index contributed by atoms with van der Waals surface area (Å²) >= 11 is 0. The van der Waals surface area contributed by atoms with Gasteiger partial charge in [0.1, 0.15) is 41.2 Å². The van der Waals surface area contributed by atoms with Crippen LogP contribution < -0.4 is 31.2 Å². The molecule has 1 aliphatic rings. The van der Waals surface area contributed by atoms with Gasteiger partial charge in [-0.05, 0) is 132 Å². The van der Waals surface area contributed by atoms with Crippen LogP contribution in [0.1, 0.15) is 140 Å². The molecule has 4 atom stereocenters. The number of ether oxygens (including phenoxy) is 4. The van der Waals surface area contributed by atoms with E-state index in [4.69, 9.17) is 30.1 Å². The number of Topliss-reactive ketones (excluding diaryl/α,β-unsaturated/α-hetero) is 2. The lowest BCUT2D eigenvalue weighted by molar-refractivity contribution is -0.142. The third-order valence-electron chi connectivity index (χ3n) is 12.8. The lowest BCUT2D eigenvalue weighted by atomic mass is 9.88. The fourth-order valence-corrected chi connectivity index (χ4v) is 8.87. The van der Waals surface area contributed by atoms with E-state index in [9.17, 15) is 24.0 Å². The van der Waals surface area contributed by atoms with Gasteiger partial charge in [0.2, 0.25) is 11.8 Å². The van der Waals surface area contributed by atoms with Crippen LogP contribution in [-0.4, -0.2) is 96.9 Å². The third-order valence-corrected chi connectivity index (χ3v) is 12.8. The van der Waals surface area contributed by atoms with Crippen molar-refractivity contribution in [2.24, 2.45) is 17.6 Å². The van der Waals surface area contributed by atoms with Crippen LogP contribution in [0.25, 0.3) is 22.3 Å². The summed E-state index contributed by atoms with van der Waals surface area (Å²) in [5.41, 5.74) is 10.5. The number of benzene rings is 4. The van der Waals surface area contributed by atoms with Gasteiger partial charge in [-0.15, -0.1) is 0 Å². The van der Waals surface area contributed by atoms with Crippen molar-refractivity contribution >= 4 is 41.4 Å². The number of likely N-dealkylation sites (N-methyl/N-ethyl adjacent to an activating group) is 1. The molecule has 0 saturated carbocycles. The zero-order valence-corrected chi connectivity index (χ0v) is 46.2. The van der Waals surface area contributed by atoms with Crippen LogP contribution in [0.4, 0.5) is 9.59 Å². The van der Waals surface area contributed by atoms with Crippen LogP contribution in [0, 0.1) is 17.2 Å². The van der Waals surface area contributed by atoms with Crippen molar-refractivity contribution in [2.45, 2.75) is 143 Å². The Labute approximate surface area is 449 Å². The average molecular weight is 1050 g/mol. The second-order valence-corrected chi connectivity index (χ2v) is 21.6. The minimum Gasteiger partial charge on any atom is -0.493 e. The highest BCUT2D eigenvalue weighted by Gasteiger charge is 2.36. The molecule has 4 bridgehead atoms. The number of amidine groups is 1. The maximum absolute atomic E-state index is 15.2. The number of carbonyl (C=O) groups excluding carboxylic acids is 6. The van der Waals surface area contributed by atoms with E-state index in [1.807, 2.05) is 25.1 Å². The van der Waals surface area contributed by atoms with Crippen molar-refractivity contribution in [3.63, 3.8) is 0 Å². The first kappa shape index (κ1) is 59.6. The van der Waals surface area contributed by atoms with Gasteiger partial charge in [-0.1, -0.05) is 87.9 Å². The molecule has 5 rings (SSSR count). The number of hydrogen-bond acceptors (Lipinski definition) is 11. The Morgan fingerprint density at radius 1 is 0.750 bits per heavy atom. The highest BCUT2D eigenvalue weighted by atomic mass is 16.6. The summed E-state index contributed by atoms with van der Waals surface area (Å²) in [4.78, 5) is 84.8. The Balaban J connectivity index is 1.55. The van der Waals surface area contributed by atoms with Crippen molar-refractivity contribution < 1.29 is 47.7 Å². The van der Waals surface area contributed by atoms with Crippen LogP contribution in [0.2, 0.25) is 0 Å². The smallest absolute Gasteiger partial charge is 0.407 e. The number of hydrogen-bond donors (Lipinski definition) is 5. The van der Waals surface area contributed by atoms with Gasteiger partial charge in [0.05, 0.1) is 19.2 Å². The van der Waals surface area contributed by atoms with E-state index < -0.39 is 64.9 Å². The minimum atomic E-state index is -1.26. The predicted molar refractivity (Wildman–Crippen MR) is 296 cm³/mol. The second-order valence-electron chi connectivity index (χ2n) is 21.6. The predicted octanol–water partition coefficient (Wildman–Crippen LogP) is 10.3. The molecular formula is C60H80N6O10. The lowest BCUT2D eigenvalue weighted by Gasteiger charge is -2.32. The summed E-state index contributed by atoms with van der Waals surface area (Å²) in [6, 6.07) is 24.2. The van der Waals surface area contributed by atoms with Crippen LogP contribution in [-0.2, 0) is 36.7 Å². The Kier molecular flexibility index (Phi) is 21.6. The first-order chi connectivity index (χ1) is 36.0. The number of aryl methyl sites for hydroxylation is 1. The standard InChI is InChI=1S/C60H80N6O10/c1-11-13-15-39-17-20-41(21-18-39)42-22-24-43(25-23-42)49(67)37-45(16-14-29-63-57(71)75-59(4,5)6)56(70)66(10)53-44-26-28-52(73-31-12-2)47(36-44)46-34-40(35-48(54(61)62)65-55(69)38(3)33-50(53)68)19-27-51(46)74-32-30-64-58(72)76-60(7,8)9/h17-28,34,36,38,45,48,53H,11-16,29-33,35,37H2,1-10H3,(H3,61,62)(H,63,71)(H,64,72)(H,65,69)/t38-,45-,48+,53+/m1/s1. The Bertz CT molecular complexity index is 2660. The maximum atomic E-state index is 15.2. The zero-order valence-electron chi connectivity index (χ0n) is 46.2. The molecule has 6 N–H and O–H groups in total. The van der Waals surface area contributed by atoms with Gasteiger partial charge >= 0.3 is 12.2 Å². The largest absolute Gasteiger partial charge is 0.493 e. The first-order valence-corrected chi connectivity index (χ1v) is 26.6. The summed E-state index contributed by atoms with van der Waals surface area (Å²) in [5, 5.41) is 16.8. The summed E-state index contributed by atoms with van der Waals surface area (Å²) < 4.78 is 23.5. The van der Waals surface area contributed by atoms with Gasteiger partial charge in [0.25, 0.3) is 0 Å². The normalized spacial score (nSPS) is 16.3. The first-order valence-electron chi connectivity index (χ1n) is 26.6. The molecule has 16 heteroatoms. The molecule has 0 saturated heterocycles. The van der Waals surface area contributed by atoms with E-state index >= 15 is 4.79 Å². The van der Waals surface area contributed by atoms with Gasteiger partial charge in [0, 0.05) is 55.0 Å². The van der Waals surface area contributed by atoms with Crippen LogP contribution in [0.15, 0.2) is 84.9 Å². The van der Waals surface area contributed by atoms with E-state index in [0.29, 0.717) is 58.8 Å². The third kappa shape index (κ3) is 18.0. The molecule has 0 fully saturated rings. The number of ketones is 2. The number of amides is 4. The van der Waals surface area contributed by atoms with Crippen molar-refractivity contribution in [1.82, 2.24) is 20.9 Å². The molecule has 1 aliphatic heterocycles. The number of nitrogens with zero attached hydrogens (tertiary/aromatic N) is 1. The summed E-state index contributed by atoms with van der Waals surface area (Å²) in [5.74, 6) is -2.97. The maximum Gasteiger partial charge on any atom is 0.407 e. The average Bonchev–Trinajstić information content (AvgIpc) is 3.36. The van der Waals surface area contributed by atoms with Crippen molar-refractivity contribution in [3.05, 3.63) is 107 Å². The monoisotopic (exact) mass is 1040 g/mol. The van der Waals surface area contributed by atoms with Gasteiger partial charge < -0.3 is 45.5 Å². The molecule has 4 aromatic carbocycles. The van der Waals surface area contributed by atoms with E-state index in [1.165, 1.54) is 17.5 Å². The van der Waals surface area contributed by atoms with Crippen LogP contribution in [0.5, 0.6) is 11.5 Å². The lowest BCUT2D eigenvalue weighted by Crippen LogP contribution is -2.48. The van der Waals surface area contributed by atoms with Crippen molar-refractivity contribution in [2.75, 3.05) is 33.4 Å². The highest BCUT2D eigenvalue weighted by molar-refractivity contribution is 6.00. The number of rotatable bonds is 21. The molecule has 1 heterocycles. The van der Waals surface area contributed by atoms with E-state index in [0.717, 1.165) is 30.4 Å². The van der Waals surface area contributed by atoms with Crippen LogP contribution >= 0.6 is 0 Å². The molecule has 0 aliphatic carbocycles. The second kappa shape index (κ2) is 27.5. The number of carbonyl (C=O) groups is 6. The van der Waals surface area contributed by atoms with Gasteiger partial charge in [-0.25, -0.2) is 9.59 Å². The summed E-state index contributed by atoms with van der Waals surface area (Å²) in [6.07, 6.45) is 2.84. The van der Waals surface area contributed by atoms with Gasteiger partial charge in [0.15, 0.2) is 11.6 Å². The summed E-state index contributed by atoms with van der Waals surface area (Å²) in [6.45, 7) is 17.0. The molecule has 0 unspecified atom stereocenters. The quantitative estimate of drug-likeness (QED) is 0.0228. The molecule has 0 spiro atoms. The van der Waals surface area contributed by atoms with Crippen molar-refractivity contribution in [1.29, 1.82) is 5.41 Å². The molecule has 4 aromatic rings. The number of nitrogens with one attached hydrogen (secondary N) is 4. The van der Waals surface area contributed by atoms with Gasteiger partial charge in [-0.3, -0.25) is 24.6 Å². The van der Waals surface area contributed by atoms with E-state index in [2.05, 4.69) is 47.1 Å². The topological polar surface area (TPSA) is 229 Å². The Morgan fingerprint density at radius 2 is 1.33 bits per heavy atom.